The molecule has 3 aromatic heterocycles. The number of nitrogens with one attached hydrogen (secondary N) is 2. The second kappa shape index (κ2) is 8.21. The van der Waals surface area contributed by atoms with Gasteiger partial charge in [0.25, 0.3) is 0 Å². The topological polar surface area (TPSA) is 77.2 Å². The van der Waals surface area contributed by atoms with E-state index in [-0.39, 0.29) is 5.41 Å². The van der Waals surface area contributed by atoms with E-state index in [4.69, 9.17) is 0 Å². The van der Waals surface area contributed by atoms with Crippen LogP contribution in [0.5, 0.6) is 0 Å². The standard InChI is InChI=1S/C26H28N6OS/c1-31(2)15-26(8-9-26)25(33)32-11-6-17(7-12-32)22-14-19-20(5-10-27-24(19)30-22)29-18-3-4-21-23(13-18)34-16-28-21/h3-6,10,13-14,16H,7-9,11-12,15H2,1-2H3,(H2,27,29,30). The second-order valence-electron chi connectivity index (χ2n) is 9.71. The number of hydrogen-bond donors (Lipinski definition) is 2. The van der Waals surface area contributed by atoms with Gasteiger partial charge in [-0.3, -0.25) is 4.79 Å². The normalized spacial score (nSPS) is 17.4. The molecule has 1 aliphatic heterocycles. The molecule has 1 fully saturated rings. The second-order valence-corrected chi connectivity index (χ2v) is 10.6. The summed E-state index contributed by atoms with van der Waals surface area (Å²) < 4.78 is 1.16. The van der Waals surface area contributed by atoms with Crippen LogP contribution in [0.3, 0.4) is 0 Å². The highest BCUT2D eigenvalue weighted by Gasteiger charge is 2.51. The summed E-state index contributed by atoms with van der Waals surface area (Å²) in [4.78, 5) is 29.7. The summed E-state index contributed by atoms with van der Waals surface area (Å²) in [7, 11) is 4.10. The Morgan fingerprint density at radius 1 is 1.24 bits per heavy atom. The van der Waals surface area contributed by atoms with Crippen molar-refractivity contribution in [3.05, 3.63) is 53.8 Å². The van der Waals surface area contributed by atoms with Crippen LogP contribution in [-0.2, 0) is 4.79 Å². The lowest BCUT2D eigenvalue weighted by molar-refractivity contribution is -0.137. The van der Waals surface area contributed by atoms with Crippen LogP contribution in [0.4, 0.5) is 11.4 Å². The number of fused-ring (bicyclic) bond motifs is 2. The van der Waals surface area contributed by atoms with Gasteiger partial charge in [-0.25, -0.2) is 9.97 Å². The summed E-state index contributed by atoms with van der Waals surface area (Å²) in [6, 6.07) is 10.4. The summed E-state index contributed by atoms with van der Waals surface area (Å²) in [5.41, 5.74) is 7.98. The minimum absolute atomic E-state index is 0.150. The first kappa shape index (κ1) is 21.3. The van der Waals surface area contributed by atoms with Crippen molar-refractivity contribution in [2.75, 3.05) is 39.0 Å². The SMILES string of the molecule is CN(C)CC1(C(=O)N2CC=C(c3cc4c(Nc5ccc6ncsc6c5)ccnc4[nH]3)CC2)CC1. The molecule has 1 aromatic carbocycles. The molecule has 4 aromatic rings. The van der Waals surface area contributed by atoms with Crippen LogP contribution in [-0.4, -0.2) is 64.4 Å². The van der Waals surface area contributed by atoms with Crippen molar-refractivity contribution in [1.29, 1.82) is 0 Å². The van der Waals surface area contributed by atoms with E-state index in [0.717, 1.165) is 70.7 Å². The third kappa shape index (κ3) is 3.86. The van der Waals surface area contributed by atoms with E-state index in [1.165, 1.54) is 5.57 Å². The number of carbonyl (C=O) groups is 1. The number of amides is 1. The van der Waals surface area contributed by atoms with Crippen molar-refractivity contribution >= 4 is 55.4 Å². The van der Waals surface area contributed by atoms with Crippen molar-refractivity contribution in [3.8, 4) is 0 Å². The first-order chi connectivity index (χ1) is 16.5. The van der Waals surface area contributed by atoms with Gasteiger partial charge in [0.2, 0.25) is 5.91 Å². The summed E-state index contributed by atoms with van der Waals surface area (Å²) in [6.45, 7) is 2.28. The van der Waals surface area contributed by atoms with Gasteiger partial charge in [0.05, 0.1) is 26.8 Å². The number of hydrogen-bond acceptors (Lipinski definition) is 6. The Kier molecular flexibility index (Phi) is 5.15. The molecule has 1 amide bonds. The molecule has 1 aliphatic carbocycles. The number of H-pyrrole nitrogens is 1. The van der Waals surface area contributed by atoms with E-state index >= 15 is 0 Å². The number of benzene rings is 1. The first-order valence-electron chi connectivity index (χ1n) is 11.7. The van der Waals surface area contributed by atoms with E-state index in [0.29, 0.717) is 12.5 Å². The lowest BCUT2D eigenvalue weighted by atomic mass is 10.0. The Morgan fingerprint density at radius 3 is 2.88 bits per heavy atom. The van der Waals surface area contributed by atoms with Gasteiger partial charge in [-0.2, -0.15) is 0 Å². The van der Waals surface area contributed by atoms with Crippen LogP contribution in [0, 0.1) is 5.41 Å². The molecule has 34 heavy (non-hydrogen) atoms. The lowest BCUT2D eigenvalue weighted by Gasteiger charge is -2.31. The Balaban J connectivity index is 1.21. The number of pyridine rings is 1. The fourth-order valence-corrected chi connectivity index (χ4v) is 5.74. The maximum absolute atomic E-state index is 13.1. The summed E-state index contributed by atoms with van der Waals surface area (Å²) in [5.74, 6) is 0.319. The first-order valence-corrected chi connectivity index (χ1v) is 12.6. The van der Waals surface area contributed by atoms with Crippen molar-refractivity contribution in [2.45, 2.75) is 19.3 Å². The number of aromatic nitrogens is 3. The van der Waals surface area contributed by atoms with E-state index in [2.05, 4.69) is 49.4 Å². The van der Waals surface area contributed by atoms with Gasteiger partial charge >= 0.3 is 0 Å². The zero-order valence-corrected chi connectivity index (χ0v) is 20.3. The Morgan fingerprint density at radius 2 is 2.12 bits per heavy atom. The molecule has 4 heterocycles. The van der Waals surface area contributed by atoms with Crippen molar-refractivity contribution in [1.82, 2.24) is 24.8 Å². The molecule has 2 N–H and O–H groups in total. The van der Waals surface area contributed by atoms with Gasteiger partial charge in [-0.15, -0.1) is 11.3 Å². The molecular weight excluding hydrogens is 444 g/mol. The highest BCUT2D eigenvalue weighted by atomic mass is 32.1. The quantitative estimate of drug-likeness (QED) is 0.419. The molecule has 0 bridgehead atoms. The van der Waals surface area contributed by atoms with Gasteiger partial charge in [0.1, 0.15) is 5.65 Å². The van der Waals surface area contributed by atoms with Gasteiger partial charge in [0, 0.05) is 42.6 Å². The molecular formula is C26H28N6OS. The monoisotopic (exact) mass is 472 g/mol. The Bertz CT molecular complexity index is 1410. The molecule has 8 heteroatoms. The van der Waals surface area contributed by atoms with Crippen LogP contribution >= 0.6 is 11.3 Å². The molecule has 1 saturated carbocycles. The molecule has 7 nitrogen and oxygen atoms in total. The third-order valence-electron chi connectivity index (χ3n) is 6.91. The predicted octanol–water partition coefficient (Wildman–Crippen LogP) is 4.87. The number of aromatic amines is 1. The maximum Gasteiger partial charge on any atom is 0.230 e. The van der Waals surface area contributed by atoms with Crippen LogP contribution in [0.2, 0.25) is 0 Å². The zero-order valence-electron chi connectivity index (χ0n) is 19.5. The van der Waals surface area contributed by atoms with Gasteiger partial charge in [-0.05, 0) is 69.3 Å². The fraction of sp³-hybridized carbons (Fsp3) is 0.346. The van der Waals surface area contributed by atoms with E-state index in [1.54, 1.807) is 11.3 Å². The Hall–Kier alpha value is -3.23. The Labute approximate surface area is 202 Å². The van der Waals surface area contributed by atoms with Crippen LogP contribution in [0.25, 0.3) is 26.8 Å². The molecule has 0 spiro atoms. The zero-order chi connectivity index (χ0) is 23.3. The molecule has 0 atom stereocenters. The fourth-order valence-electron chi connectivity index (χ4n) is 5.03. The average Bonchev–Trinajstić information content (AvgIpc) is 3.26. The van der Waals surface area contributed by atoms with E-state index in [1.807, 2.05) is 42.8 Å². The lowest BCUT2D eigenvalue weighted by Crippen LogP contribution is -2.43. The number of thiazole rings is 1. The smallest absolute Gasteiger partial charge is 0.230 e. The largest absolute Gasteiger partial charge is 0.355 e. The van der Waals surface area contributed by atoms with Crippen LogP contribution < -0.4 is 5.32 Å². The number of rotatable bonds is 6. The minimum atomic E-state index is -0.150. The molecule has 174 valence electrons. The van der Waals surface area contributed by atoms with E-state index in [9.17, 15) is 4.79 Å². The minimum Gasteiger partial charge on any atom is -0.355 e. The molecule has 0 unspecified atom stereocenters. The predicted molar refractivity (Wildman–Crippen MR) is 138 cm³/mol. The number of anilines is 2. The van der Waals surface area contributed by atoms with Crippen LogP contribution in [0.1, 0.15) is 25.0 Å². The van der Waals surface area contributed by atoms with E-state index < -0.39 is 0 Å². The van der Waals surface area contributed by atoms with Crippen molar-refractivity contribution in [3.63, 3.8) is 0 Å². The summed E-state index contributed by atoms with van der Waals surface area (Å²) in [6.07, 6.45) is 6.89. The molecule has 2 aliphatic rings. The summed E-state index contributed by atoms with van der Waals surface area (Å²) in [5, 5.41) is 4.61. The van der Waals surface area contributed by atoms with Crippen LogP contribution in [0.15, 0.2) is 48.1 Å². The van der Waals surface area contributed by atoms with Gasteiger partial charge < -0.3 is 20.1 Å². The average molecular weight is 473 g/mol. The van der Waals surface area contributed by atoms with Gasteiger partial charge in [-0.1, -0.05) is 6.08 Å². The van der Waals surface area contributed by atoms with Crippen molar-refractivity contribution in [2.24, 2.45) is 5.41 Å². The molecule has 6 rings (SSSR count). The number of carbonyl (C=O) groups excluding carboxylic acids is 1. The third-order valence-corrected chi connectivity index (χ3v) is 7.70. The van der Waals surface area contributed by atoms with Gasteiger partial charge in [0.15, 0.2) is 0 Å². The van der Waals surface area contributed by atoms with Crippen molar-refractivity contribution < 1.29 is 4.79 Å². The molecule has 0 saturated heterocycles. The highest BCUT2D eigenvalue weighted by molar-refractivity contribution is 7.16. The summed E-state index contributed by atoms with van der Waals surface area (Å²) >= 11 is 1.64. The molecule has 0 radical (unpaired) electrons. The highest BCUT2D eigenvalue weighted by Crippen LogP contribution is 2.48. The number of nitrogens with zero attached hydrogens (tertiary/aromatic N) is 4. The maximum atomic E-state index is 13.1.